The third-order valence-corrected chi connectivity index (χ3v) is 4.03. The van der Waals surface area contributed by atoms with Crippen molar-refractivity contribution in [2.45, 2.75) is 26.0 Å². The molecule has 0 bridgehead atoms. The molecule has 0 spiro atoms. The van der Waals surface area contributed by atoms with Gasteiger partial charge < -0.3 is 15.0 Å². The number of benzene rings is 2. The van der Waals surface area contributed by atoms with Gasteiger partial charge in [-0.25, -0.2) is 4.98 Å². The predicted octanol–water partition coefficient (Wildman–Crippen LogP) is 2.93. The van der Waals surface area contributed by atoms with E-state index in [1.807, 2.05) is 18.2 Å². The van der Waals surface area contributed by atoms with Crippen molar-refractivity contribution in [3.63, 3.8) is 0 Å². The molecule has 1 aromatic heterocycles. The Hall–Kier alpha value is -2.49. The molecular weight excluding hydrogens is 262 g/mol. The van der Waals surface area contributed by atoms with E-state index in [4.69, 9.17) is 10.5 Å². The number of anilines is 1. The second-order valence-corrected chi connectivity index (χ2v) is 5.62. The first kappa shape index (κ1) is 12.3. The van der Waals surface area contributed by atoms with Crippen LogP contribution in [0.15, 0.2) is 42.5 Å². The van der Waals surface area contributed by atoms with Gasteiger partial charge in [0.1, 0.15) is 11.9 Å². The van der Waals surface area contributed by atoms with E-state index in [-0.39, 0.29) is 6.10 Å². The largest absolute Gasteiger partial charge is 0.488 e. The maximum absolute atomic E-state index is 6.08. The normalized spacial score (nSPS) is 16.9. The van der Waals surface area contributed by atoms with E-state index in [1.54, 1.807) is 0 Å². The highest BCUT2D eigenvalue weighted by molar-refractivity contribution is 5.79. The van der Waals surface area contributed by atoms with Crippen LogP contribution in [-0.4, -0.2) is 15.7 Å². The summed E-state index contributed by atoms with van der Waals surface area (Å²) < 4.78 is 8.06. The number of fused-ring (bicyclic) bond motifs is 2. The maximum atomic E-state index is 6.08. The van der Waals surface area contributed by atoms with Gasteiger partial charge in [-0.05, 0) is 36.2 Å². The fourth-order valence-corrected chi connectivity index (χ4v) is 3.00. The van der Waals surface area contributed by atoms with Crippen molar-refractivity contribution in [3.8, 4) is 5.75 Å². The lowest BCUT2D eigenvalue weighted by Gasteiger charge is -2.13. The van der Waals surface area contributed by atoms with Gasteiger partial charge in [-0.1, -0.05) is 24.3 Å². The summed E-state index contributed by atoms with van der Waals surface area (Å²) in [5.41, 5.74) is 10.6. The zero-order valence-electron chi connectivity index (χ0n) is 11.9. The summed E-state index contributed by atoms with van der Waals surface area (Å²) in [7, 11) is 0. The molecule has 0 fully saturated rings. The van der Waals surface area contributed by atoms with E-state index in [1.165, 1.54) is 11.1 Å². The average Bonchev–Trinajstić information content (AvgIpc) is 3.01. The molecule has 0 saturated heterocycles. The second kappa shape index (κ2) is 4.52. The third kappa shape index (κ3) is 2.03. The summed E-state index contributed by atoms with van der Waals surface area (Å²) in [6.45, 7) is 2.80. The Balaban J connectivity index is 1.67. The Morgan fingerprint density at radius 1 is 1.29 bits per heavy atom. The van der Waals surface area contributed by atoms with E-state index < -0.39 is 0 Å². The van der Waals surface area contributed by atoms with Crippen LogP contribution in [0, 0.1) is 6.92 Å². The molecule has 0 aliphatic carbocycles. The lowest BCUT2D eigenvalue weighted by molar-refractivity contribution is 0.211. The molecule has 0 radical (unpaired) electrons. The van der Waals surface area contributed by atoms with Crippen LogP contribution in [0.3, 0.4) is 0 Å². The monoisotopic (exact) mass is 279 g/mol. The molecular formula is C17H17N3O. The summed E-state index contributed by atoms with van der Waals surface area (Å²) in [5.74, 6) is 1.54. The van der Waals surface area contributed by atoms with E-state index in [0.717, 1.165) is 29.7 Å². The van der Waals surface area contributed by atoms with Crippen LogP contribution in [0.4, 0.5) is 5.95 Å². The number of aromatic nitrogens is 2. The van der Waals surface area contributed by atoms with Crippen LogP contribution >= 0.6 is 0 Å². The first-order valence-electron chi connectivity index (χ1n) is 7.17. The molecule has 21 heavy (non-hydrogen) atoms. The summed E-state index contributed by atoms with van der Waals surface area (Å²) in [6.07, 6.45) is 1.03. The van der Waals surface area contributed by atoms with Crippen molar-refractivity contribution in [2.75, 3.05) is 5.73 Å². The van der Waals surface area contributed by atoms with Crippen molar-refractivity contribution in [1.29, 1.82) is 0 Å². The van der Waals surface area contributed by atoms with Gasteiger partial charge in [0.25, 0.3) is 0 Å². The number of ether oxygens (including phenoxy) is 1. The lowest BCUT2D eigenvalue weighted by Crippen LogP contribution is -2.21. The second-order valence-electron chi connectivity index (χ2n) is 5.62. The molecule has 0 saturated carbocycles. The van der Waals surface area contributed by atoms with Crippen molar-refractivity contribution in [1.82, 2.24) is 9.55 Å². The molecule has 3 aromatic rings. The number of aryl methyl sites for hydroxylation is 1. The lowest BCUT2D eigenvalue weighted by atomic mass is 10.1. The molecule has 0 amide bonds. The minimum absolute atomic E-state index is 0.114. The topological polar surface area (TPSA) is 53.1 Å². The number of nitrogen functional groups attached to an aromatic ring is 1. The van der Waals surface area contributed by atoms with Crippen molar-refractivity contribution < 1.29 is 4.74 Å². The van der Waals surface area contributed by atoms with Gasteiger partial charge in [0.15, 0.2) is 0 Å². The Morgan fingerprint density at radius 3 is 3.00 bits per heavy atom. The molecule has 1 unspecified atom stereocenters. The SMILES string of the molecule is Cc1ccc2nc(N)n(CC3Cc4ccccc4O3)c2c1. The molecule has 2 heterocycles. The summed E-state index contributed by atoms with van der Waals surface area (Å²) in [6, 6.07) is 14.4. The standard InChI is InChI=1S/C17H17N3O/c1-11-6-7-14-15(8-11)20(17(18)19-14)10-13-9-12-4-2-3-5-16(12)21-13/h2-8,13H,9-10H2,1H3,(H2,18,19). The fraction of sp³-hybridized carbons (Fsp3) is 0.235. The first-order valence-corrected chi connectivity index (χ1v) is 7.17. The van der Waals surface area contributed by atoms with Crippen LogP contribution in [-0.2, 0) is 13.0 Å². The van der Waals surface area contributed by atoms with Gasteiger partial charge in [-0.2, -0.15) is 0 Å². The zero-order chi connectivity index (χ0) is 14.4. The smallest absolute Gasteiger partial charge is 0.201 e. The Kier molecular flexibility index (Phi) is 2.64. The van der Waals surface area contributed by atoms with Gasteiger partial charge in [0, 0.05) is 6.42 Å². The molecule has 1 atom stereocenters. The molecule has 2 N–H and O–H groups in total. The van der Waals surface area contributed by atoms with Gasteiger partial charge in [0.05, 0.1) is 17.6 Å². The highest BCUT2D eigenvalue weighted by atomic mass is 16.5. The quantitative estimate of drug-likeness (QED) is 0.784. The number of hydrogen-bond donors (Lipinski definition) is 1. The minimum Gasteiger partial charge on any atom is -0.488 e. The van der Waals surface area contributed by atoms with Crippen molar-refractivity contribution in [2.24, 2.45) is 0 Å². The van der Waals surface area contributed by atoms with E-state index >= 15 is 0 Å². The summed E-state index contributed by atoms with van der Waals surface area (Å²) >= 11 is 0. The highest BCUT2D eigenvalue weighted by Crippen LogP contribution is 2.30. The summed E-state index contributed by atoms with van der Waals surface area (Å²) in [4.78, 5) is 4.43. The number of rotatable bonds is 2. The van der Waals surface area contributed by atoms with Gasteiger partial charge >= 0.3 is 0 Å². The van der Waals surface area contributed by atoms with Crippen LogP contribution in [0.25, 0.3) is 11.0 Å². The maximum Gasteiger partial charge on any atom is 0.201 e. The summed E-state index contributed by atoms with van der Waals surface area (Å²) in [5, 5.41) is 0. The van der Waals surface area contributed by atoms with E-state index in [9.17, 15) is 0 Å². The van der Waals surface area contributed by atoms with Crippen LogP contribution in [0.2, 0.25) is 0 Å². The molecule has 1 aliphatic rings. The number of hydrogen-bond acceptors (Lipinski definition) is 3. The molecule has 106 valence electrons. The molecule has 4 rings (SSSR count). The Bertz CT molecular complexity index is 797. The van der Waals surface area contributed by atoms with E-state index in [2.05, 4.69) is 40.7 Å². The van der Waals surface area contributed by atoms with Gasteiger partial charge in [-0.3, -0.25) is 0 Å². The minimum atomic E-state index is 0.114. The van der Waals surface area contributed by atoms with Crippen LogP contribution in [0.1, 0.15) is 11.1 Å². The Labute approximate surface area is 123 Å². The van der Waals surface area contributed by atoms with Crippen molar-refractivity contribution in [3.05, 3.63) is 53.6 Å². The molecule has 4 nitrogen and oxygen atoms in total. The fourth-order valence-electron chi connectivity index (χ4n) is 3.00. The molecule has 2 aromatic carbocycles. The number of imidazole rings is 1. The predicted molar refractivity (Wildman–Crippen MR) is 83.4 cm³/mol. The number of nitrogens with two attached hydrogens (primary N) is 1. The van der Waals surface area contributed by atoms with Crippen LogP contribution in [0.5, 0.6) is 5.75 Å². The van der Waals surface area contributed by atoms with E-state index in [0.29, 0.717) is 5.95 Å². The molecule has 1 aliphatic heterocycles. The van der Waals surface area contributed by atoms with Gasteiger partial charge in [0.2, 0.25) is 5.95 Å². The number of nitrogens with zero attached hydrogens (tertiary/aromatic N) is 2. The first-order chi connectivity index (χ1) is 10.2. The van der Waals surface area contributed by atoms with Crippen molar-refractivity contribution >= 4 is 17.0 Å². The average molecular weight is 279 g/mol. The van der Waals surface area contributed by atoms with Crippen LogP contribution < -0.4 is 10.5 Å². The highest BCUT2D eigenvalue weighted by Gasteiger charge is 2.24. The molecule has 4 heteroatoms. The van der Waals surface area contributed by atoms with Gasteiger partial charge in [-0.15, -0.1) is 0 Å². The number of para-hydroxylation sites is 1. The zero-order valence-corrected chi connectivity index (χ0v) is 11.9. The third-order valence-electron chi connectivity index (χ3n) is 4.03. The Morgan fingerprint density at radius 2 is 2.14 bits per heavy atom.